The van der Waals surface area contributed by atoms with Gasteiger partial charge in [0.1, 0.15) is 11.3 Å². The first-order valence-corrected chi connectivity index (χ1v) is 22.7. The molecular weight excluding hydrogens is 801 g/mol. The second-order valence-corrected chi connectivity index (χ2v) is 17.2. The molecule has 2 aliphatic rings. The minimum absolute atomic E-state index is 0.581. The van der Waals surface area contributed by atoms with Gasteiger partial charge in [-0.15, -0.1) is 0 Å². The Labute approximate surface area is 384 Å². The average molecular weight is 843 g/mol. The van der Waals surface area contributed by atoms with Gasteiger partial charge in [0.2, 0.25) is 0 Å². The van der Waals surface area contributed by atoms with Gasteiger partial charge >= 0.3 is 0 Å². The Kier molecular flexibility index (Phi) is 8.75. The van der Waals surface area contributed by atoms with Crippen LogP contribution in [-0.2, 0) is 5.41 Å². The predicted octanol–water partition coefficient (Wildman–Crippen LogP) is 17.0. The van der Waals surface area contributed by atoms with Gasteiger partial charge in [-0.25, -0.2) is 0 Å². The van der Waals surface area contributed by atoms with Crippen molar-refractivity contribution in [1.82, 2.24) is 0 Å². The fourth-order valence-corrected chi connectivity index (χ4v) is 10.9. The molecule has 2 heterocycles. The Morgan fingerprint density at radius 2 is 0.833 bits per heavy atom. The van der Waals surface area contributed by atoms with E-state index in [1.165, 1.54) is 55.9 Å². The van der Waals surface area contributed by atoms with E-state index in [0.717, 1.165) is 56.2 Å². The number of fused-ring (bicyclic) bond motifs is 10. The number of benzene rings is 10. The summed E-state index contributed by atoms with van der Waals surface area (Å²) in [7, 11) is 0. The molecule has 3 heteroatoms. The zero-order chi connectivity index (χ0) is 43.6. The molecule has 1 aliphatic carbocycles. The highest BCUT2D eigenvalue weighted by atomic mass is 16.3. The van der Waals surface area contributed by atoms with Crippen LogP contribution in [0.1, 0.15) is 22.3 Å². The van der Waals surface area contributed by atoms with E-state index in [-0.39, 0.29) is 0 Å². The van der Waals surface area contributed by atoms with E-state index in [1.807, 2.05) is 6.07 Å². The molecule has 0 fully saturated rings. The van der Waals surface area contributed by atoms with Gasteiger partial charge in [0.05, 0.1) is 16.8 Å². The van der Waals surface area contributed by atoms with E-state index in [2.05, 4.69) is 259 Å². The van der Waals surface area contributed by atoms with E-state index in [4.69, 9.17) is 4.42 Å². The number of furan rings is 1. The van der Waals surface area contributed by atoms with Crippen LogP contribution in [0.5, 0.6) is 0 Å². The SMILES string of the molecule is c1ccc(-c2ccc(N(c3ccc(-c4oc5ccccc5c4-c4ccccc4)cc3)c3ccc4c(c3)C3(c5ccccc5-4)c4ccccc4N(c4ccccc4)c4ccccc43)cc2)cc1. The van der Waals surface area contributed by atoms with Crippen molar-refractivity contribution < 1.29 is 4.42 Å². The third-order valence-corrected chi connectivity index (χ3v) is 13.7. The lowest BCUT2D eigenvalue weighted by molar-refractivity contribution is 0.632. The zero-order valence-corrected chi connectivity index (χ0v) is 36.1. The van der Waals surface area contributed by atoms with Crippen LogP contribution in [0.25, 0.3) is 55.7 Å². The molecule has 0 saturated heterocycles. The molecule has 10 aromatic carbocycles. The van der Waals surface area contributed by atoms with Gasteiger partial charge in [0.15, 0.2) is 0 Å². The van der Waals surface area contributed by atoms with Crippen molar-refractivity contribution in [3.05, 3.63) is 277 Å². The zero-order valence-electron chi connectivity index (χ0n) is 36.1. The Morgan fingerprint density at radius 1 is 0.348 bits per heavy atom. The molecule has 1 spiro atoms. The summed E-state index contributed by atoms with van der Waals surface area (Å²) in [5, 5.41) is 1.11. The summed E-state index contributed by atoms with van der Waals surface area (Å²) in [4.78, 5) is 4.84. The molecule has 0 amide bonds. The summed E-state index contributed by atoms with van der Waals surface area (Å²) in [6.45, 7) is 0. The standard InChI is InChI=1S/C63H42N2O/c1-4-18-43(19-5-1)44-32-36-48(37-33-44)64(49-38-34-46(35-39-49)62-61(45-20-6-2-7-21-45)53-25-11-17-31-60(53)66-62)50-40-41-52-51-24-10-12-26-54(51)63(57(52)42-50)55-27-13-15-29-58(55)65(47-22-8-3-9-23-47)59-30-16-14-28-56(59)63/h1-42H. The minimum atomic E-state index is -0.581. The van der Waals surface area contributed by atoms with Gasteiger partial charge in [0, 0.05) is 39.3 Å². The fourth-order valence-electron chi connectivity index (χ4n) is 10.9. The first-order valence-electron chi connectivity index (χ1n) is 22.7. The molecule has 3 nitrogen and oxygen atoms in total. The molecule has 1 aliphatic heterocycles. The molecule has 11 aromatic rings. The second-order valence-electron chi connectivity index (χ2n) is 17.2. The third-order valence-electron chi connectivity index (χ3n) is 13.7. The van der Waals surface area contributed by atoms with Crippen LogP contribution >= 0.6 is 0 Å². The van der Waals surface area contributed by atoms with Crippen molar-refractivity contribution in [2.45, 2.75) is 5.41 Å². The molecule has 13 rings (SSSR count). The third kappa shape index (κ3) is 5.77. The highest BCUT2D eigenvalue weighted by Crippen LogP contribution is 2.64. The number of para-hydroxylation sites is 4. The number of anilines is 6. The van der Waals surface area contributed by atoms with E-state index >= 15 is 0 Å². The number of rotatable bonds is 7. The van der Waals surface area contributed by atoms with Gasteiger partial charge < -0.3 is 14.2 Å². The molecule has 310 valence electrons. The van der Waals surface area contributed by atoms with Crippen LogP contribution in [0.3, 0.4) is 0 Å². The van der Waals surface area contributed by atoms with E-state index in [0.29, 0.717) is 0 Å². The summed E-state index contributed by atoms with van der Waals surface area (Å²) >= 11 is 0. The van der Waals surface area contributed by atoms with Crippen LogP contribution in [-0.4, -0.2) is 0 Å². The smallest absolute Gasteiger partial charge is 0.143 e. The van der Waals surface area contributed by atoms with Crippen molar-refractivity contribution in [2.24, 2.45) is 0 Å². The van der Waals surface area contributed by atoms with E-state index in [1.54, 1.807) is 0 Å². The molecule has 66 heavy (non-hydrogen) atoms. The molecule has 0 unspecified atom stereocenters. The van der Waals surface area contributed by atoms with Crippen molar-refractivity contribution >= 4 is 45.1 Å². The van der Waals surface area contributed by atoms with Crippen LogP contribution in [0, 0.1) is 0 Å². The monoisotopic (exact) mass is 842 g/mol. The summed E-state index contributed by atoms with van der Waals surface area (Å²) in [5.41, 5.74) is 20.2. The van der Waals surface area contributed by atoms with Crippen molar-refractivity contribution in [3.63, 3.8) is 0 Å². The van der Waals surface area contributed by atoms with Crippen LogP contribution in [0.4, 0.5) is 34.1 Å². The Morgan fingerprint density at radius 3 is 1.50 bits per heavy atom. The van der Waals surface area contributed by atoms with Gasteiger partial charge in [-0.1, -0.05) is 176 Å². The molecule has 0 atom stereocenters. The quantitative estimate of drug-likeness (QED) is 0.159. The minimum Gasteiger partial charge on any atom is -0.455 e. The van der Waals surface area contributed by atoms with E-state index < -0.39 is 5.41 Å². The Bertz CT molecular complexity index is 3530. The maximum Gasteiger partial charge on any atom is 0.143 e. The molecular formula is C63H42N2O. The summed E-state index contributed by atoms with van der Waals surface area (Å²) in [6.07, 6.45) is 0. The highest BCUT2D eigenvalue weighted by molar-refractivity contribution is 6.02. The summed E-state index contributed by atoms with van der Waals surface area (Å²) in [5.74, 6) is 0.865. The second kappa shape index (κ2) is 15.3. The van der Waals surface area contributed by atoms with Crippen LogP contribution in [0.2, 0.25) is 0 Å². The molecule has 0 bridgehead atoms. The van der Waals surface area contributed by atoms with E-state index in [9.17, 15) is 0 Å². The molecule has 1 aromatic heterocycles. The summed E-state index contributed by atoms with van der Waals surface area (Å²) < 4.78 is 6.69. The van der Waals surface area contributed by atoms with Crippen molar-refractivity contribution in [3.8, 4) is 44.7 Å². The molecule has 0 radical (unpaired) electrons. The summed E-state index contributed by atoms with van der Waals surface area (Å²) in [6, 6.07) is 92.4. The highest BCUT2D eigenvalue weighted by Gasteiger charge is 2.51. The van der Waals surface area contributed by atoms with Crippen LogP contribution < -0.4 is 9.80 Å². The lowest BCUT2D eigenvalue weighted by Crippen LogP contribution is -2.36. The van der Waals surface area contributed by atoms with Crippen molar-refractivity contribution in [1.29, 1.82) is 0 Å². The lowest BCUT2D eigenvalue weighted by Gasteiger charge is -2.45. The first kappa shape index (κ1) is 37.9. The first-order chi connectivity index (χ1) is 32.8. The average Bonchev–Trinajstić information content (AvgIpc) is 3.92. The molecule has 0 saturated carbocycles. The fraction of sp³-hybridized carbons (Fsp3) is 0.0159. The van der Waals surface area contributed by atoms with Crippen molar-refractivity contribution in [2.75, 3.05) is 9.80 Å². The lowest BCUT2D eigenvalue weighted by atomic mass is 9.64. The molecule has 0 N–H and O–H groups in total. The van der Waals surface area contributed by atoms with Gasteiger partial charge in [-0.05, 0) is 129 Å². The Balaban J connectivity index is 1.01. The largest absolute Gasteiger partial charge is 0.455 e. The Hall–Kier alpha value is -8.66. The maximum atomic E-state index is 6.69. The topological polar surface area (TPSA) is 19.6 Å². The number of hydrogen-bond acceptors (Lipinski definition) is 3. The van der Waals surface area contributed by atoms with Gasteiger partial charge in [0.25, 0.3) is 0 Å². The van der Waals surface area contributed by atoms with Gasteiger partial charge in [-0.2, -0.15) is 0 Å². The maximum absolute atomic E-state index is 6.69. The van der Waals surface area contributed by atoms with Gasteiger partial charge in [-0.3, -0.25) is 0 Å². The predicted molar refractivity (Wildman–Crippen MR) is 273 cm³/mol. The number of nitrogens with zero attached hydrogens (tertiary/aromatic N) is 2. The number of hydrogen-bond donors (Lipinski definition) is 0. The normalized spacial score (nSPS) is 12.9. The van der Waals surface area contributed by atoms with Crippen LogP contribution in [0.15, 0.2) is 259 Å².